The van der Waals surface area contributed by atoms with Gasteiger partial charge >= 0.3 is 0 Å². The summed E-state index contributed by atoms with van der Waals surface area (Å²) in [4.78, 5) is 0. The molecule has 5 heteroatoms. The molecule has 0 aromatic heterocycles. The number of amidine groups is 1. The number of para-hydroxylation sites is 1. The third kappa shape index (κ3) is 2.69. The van der Waals surface area contributed by atoms with Gasteiger partial charge in [0.1, 0.15) is 0 Å². The zero-order valence-electron chi connectivity index (χ0n) is 7.39. The Morgan fingerprint density at radius 2 is 1.93 bits per heavy atom. The summed E-state index contributed by atoms with van der Waals surface area (Å²) in [5.41, 5.74) is 5.05. The molecule has 0 aliphatic rings. The number of hydrogen-bond acceptors (Lipinski definition) is 2. The molecule has 0 heterocycles. The Labute approximate surface area is 80.0 Å². The Kier molecular flexibility index (Phi) is 3.39. The summed E-state index contributed by atoms with van der Waals surface area (Å²) in [6, 6.07) is 3.46. The summed E-state index contributed by atoms with van der Waals surface area (Å²) in [5, 5.41) is 6.88. The minimum Gasteiger partial charge on any atom is -0.487 e. The molecule has 0 aliphatic heterocycles. The van der Waals surface area contributed by atoms with E-state index in [1.165, 1.54) is 6.07 Å². The molecule has 0 atom stereocenters. The summed E-state index contributed by atoms with van der Waals surface area (Å²) in [7, 11) is 0. The third-order valence-corrected chi connectivity index (χ3v) is 1.54. The Morgan fingerprint density at radius 1 is 1.36 bits per heavy atom. The van der Waals surface area contributed by atoms with Gasteiger partial charge in [0.15, 0.2) is 17.4 Å². The van der Waals surface area contributed by atoms with Crippen molar-refractivity contribution >= 4 is 5.84 Å². The second kappa shape index (κ2) is 4.55. The lowest BCUT2D eigenvalue weighted by molar-refractivity contribution is 0.293. The summed E-state index contributed by atoms with van der Waals surface area (Å²) in [6.07, 6.45) is 0.147. The van der Waals surface area contributed by atoms with Crippen LogP contribution in [0.5, 0.6) is 5.75 Å². The van der Waals surface area contributed by atoms with Gasteiger partial charge in [0.2, 0.25) is 0 Å². The number of benzene rings is 1. The summed E-state index contributed by atoms with van der Waals surface area (Å²) in [5.74, 6) is -2.02. The van der Waals surface area contributed by atoms with E-state index in [0.29, 0.717) is 0 Å². The van der Waals surface area contributed by atoms with Gasteiger partial charge in [-0.2, -0.15) is 0 Å². The van der Waals surface area contributed by atoms with Crippen LogP contribution in [0.15, 0.2) is 18.2 Å². The van der Waals surface area contributed by atoms with E-state index in [1.54, 1.807) is 0 Å². The van der Waals surface area contributed by atoms with Gasteiger partial charge in [-0.3, -0.25) is 5.41 Å². The van der Waals surface area contributed by atoms with Crippen LogP contribution in [0.25, 0.3) is 0 Å². The summed E-state index contributed by atoms with van der Waals surface area (Å²) in [6.45, 7) is -0.00676. The normalized spacial score (nSPS) is 9.86. The first-order valence-corrected chi connectivity index (χ1v) is 4.01. The van der Waals surface area contributed by atoms with Crippen molar-refractivity contribution in [1.82, 2.24) is 0 Å². The molecule has 0 unspecified atom stereocenters. The molecular weight excluding hydrogens is 190 g/mol. The molecule has 1 aromatic carbocycles. The van der Waals surface area contributed by atoms with Crippen molar-refractivity contribution in [2.24, 2.45) is 5.73 Å². The maximum absolute atomic E-state index is 12.9. The standard InChI is InChI=1S/C9H10F2N2O/c10-6-2-1-3-7(11)9(6)14-5-4-8(12)13/h1-3H,4-5H2,(H3,12,13). The summed E-state index contributed by atoms with van der Waals surface area (Å²) >= 11 is 0. The third-order valence-electron chi connectivity index (χ3n) is 1.54. The van der Waals surface area contributed by atoms with E-state index < -0.39 is 17.4 Å². The van der Waals surface area contributed by atoms with Crippen LogP contribution in [-0.2, 0) is 0 Å². The van der Waals surface area contributed by atoms with Gasteiger partial charge in [-0.1, -0.05) is 6.07 Å². The maximum atomic E-state index is 12.9. The molecule has 76 valence electrons. The minimum absolute atomic E-state index is 0.00676. The van der Waals surface area contributed by atoms with E-state index in [9.17, 15) is 8.78 Å². The first-order valence-electron chi connectivity index (χ1n) is 4.01. The van der Waals surface area contributed by atoms with E-state index in [0.717, 1.165) is 12.1 Å². The molecule has 3 N–H and O–H groups in total. The molecule has 0 aliphatic carbocycles. The van der Waals surface area contributed by atoms with Gasteiger partial charge in [0.05, 0.1) is 12.4 Å². The predicted molar refractivity (Wildman–Crippen MR) is 48.4 cm³/mol. The molecule has 1 aromatic rings. The lowest BCUT2D eigenvalue weighted by Crippen LogP contribution is -2.14. The largest absolute Gasteiger partial charge is 0.487 e. The van der Waals surface area contributed by atoms with E-state index in [-0.39, 0.29) is 18.9 Å². The topological polar surface area (TPSA) is 59.1 Å². The number of rotatable bonds is 4. The molecule has 0 radical (unpaired) electrons. The zero-order valence-corrected chi connectivity index (χ0v) is 7.39. The van der Waals surface area contributed by atoms with Crippen molar-refractivity contribution in [3.63, 3.8) is 0 Å². The first-order chi connectivity index (χ1) is 6.61. The maximum Gasteiger partial charge on any atom is 0.190 e. The van der Waals surface area contributed by atoms with Gasteiger partial charge in [-0.25, -0.2) is 8.78 Å². The Hall–Kier alpha value is -1.65. The second-order valence-corrected chi connectivity index (χ2v) is 2.67. The quantitative estimate of drug-likeness (QED) is 0.573. The average molecular weight is 200 g/mol. The van der Waals surface area contributed by atoms with Crippen molar-refractivity contribution in [3.05, 3.63) is 29.8 Å². The van der Waals surface area contributed by atoms with Crippen LogP contribution in [-0.4, -0.2) is 12.4 Å². The molecule has 0 fully saturated rings. The van der Waals surface area contributed by atoms with Gasteiger partial charge in [-0.05, 0) is 12.1 Å². The van der Waals surface area contributed by atoms with E-state index in [1.807, 2.05) is 0 Å². The van der Waals surface area contributed by atoms with E-state index >= 15 is 0 Å². The highest BCUT2D eigenvalue weighted by molar-refractivity contribution is 5.76. The molecule has 0 amide bonds. The number of nitrogens with one attached hydrogen (secondary N) is 1. The van der Waals surface area contributed by atoms with E-state index in [2.05, 4.69) is 0 Å². The molecule has 0 bridgehead atoms. The fourth-order valence-electron chi connectivity index (χ4n) is 0.883. The highest BCUT2D eigenvalue weighted by atomic mass is 19.1. The van der Waals surface area contributed by atoms with Crippen LogP contribution >= 0.6 is 0 Å². The zero-order chi connectivity index (χ0) is 10.6. The van der Waals surface area contributed by atoms with Gasteiger partial charge < -0.3 is 10.5 Å². The van der Waals surface area contributed by atoms with Gasteiger partial charge in [0, 0.05) is 6.42 Å². The Balaban J connectivity index is 2.62. The molecule has 0 saturated heterocycles. The smallest absolute Gasteiger partial charge is 0.190 e. The highest BCUT2D eigenvalue weighted by Gasteiger charge is 2.08. The van der Waals surface area contributed by atoms with Crippen molar-refractivity contribution in [3.8, 4) is 5.75 Å². The molecule has 14 heavy (non-hydrogen) atoms. The molecular formula is C9H10F2N2O. The molecule has 1 rings (SSSR count). The minimum atomic E-state index is -0.756. The Bertz CT molecular complexity index is 321. The van der Waals surface area contributed by atoms with Crippen molar-refractivity contribution in [2.45, 2.75) is 6.42 Å². The van der Waals surface area contributed by atoms with Gasteiger partial charge in [-0.15, -0.1) is 0 Å². The molecule has 0 spiro atoms. The SMILES string of the molecule is N=C(N)CCOc1c(F)cccc1F. The van der Waals surface area contributed by atoms with E-state index in [4.69, 9.17) is 15.9 Å². The van der Waals surface area contributed by atoms with Crippen LogP contribution in [0.2, 0.25) is 0 Å². The second-order valence-electron chi connectivity index (χ2n) is 2.67. The van der Waals surface area contributed by atoms with Crippen LogP contribution in [0.4, 0.5) is 8.78 Å². The monoisotopic (exact) mass is 200 g/mol. The molecule has 0 saturated carbocycles. The number of halogens is 2. The summed E-state index contributed by atoms with van der Waals surface area (Å²) < 4.78 is 30.7. The van der Waals surface area contributed by atoms with Crippen molar-refractivity contribution < 1.29 is 13.5 Å². The van der Waals surface area contributed by atoms with Gasteiger partial charge in [0.25, 0.3) is 0 Å². The van der Waals surface area contributed by atoms with Crippen LogP contribution in [0.3, 0.4) is 0 Å². The lowest BCUT2D eigenvalue weighted by atomic mass is 10.3. The fraction of sp³-hybridized carbons (Fsp3) is 0.222. The van der Waals surface area contributed by atoms with Crippen LogP contribution in [0.1, 0.15) is 6.42 Å². The first kappa shape index (κ1) is 10.4. The number of hydrogen-bond donors (Lipinski definition) is 2. The Morgan fingerprint density at radius 3 is 2.43 bits per heavy atom. The van der Waals surface area contributed by atoms with Crippen LogP contribution < -0.4 is 10.5 Å². The number of nitrogens with two attached hydrogens (primary N) is 1. The lowest BCUT2D eigenvalue weighted by Gasteiger charge is -2.06. The van der Waals surface area contributed by atoms with Crippen LogP contribution in [0, 0.1) is 17.0 Å². The number of ether oxygens (including phenoxy) is 1. The predicted octanol–water partition coefficient (Wildman–Crippen LogP) is 1.67. The average Bonchev–Trinajstić information content (AvgIpc) is 2.09. The van der Waals surface area contributed by atoms with Crippen molar-refractivity contribution in [1.29, 1.82) is 5.41 Å². The fourth-order valence-corrected chi connectivity index (χ4v) is 0.883. The van der Waals surface area contributed by atoms with Crippen molar-refractivity contribution in [2.75, 3.05) is 6.61 Å². The highest BCUT2D eigenvalue weighted by Crippen LogP contribution is 2.20. The molecule has 3 nitrogen and oxygen atoms in total.